The molecule has 5 rings (SSSR count). The summed E-state index contributed by atoms with van der Waals surface area (Å²) in [6, 6.07) is 12.5. The van der Waals surface area contributed by atoms with Crippen LogP contribution >= 0.6 is 11.6 Å². The highest BCUT2D eigenvalue weighted by Crippen LogP contribution is 2.35. The van der Waals surface area contributed by atoms with Gasteiger partial charge < -0.3 is 19.6 Å². The molecule has 1 amide bonds. The fourth-order valence-electron chi connectivity index (χ4n) is 4.87. The number of halogens is 3. The lowest BCUT2D eigenvalue weighted by Crippen LogP contribution is -2.40. The minimum atomic E-state index is -2.68. The van der Waals surface area contributed by atoms with Gasteiger partial charge in [0.15, 0.2) is 0 Å². The van der Waals surface area contributed by atoms with Gasteiger partial charge in [-0.1, -0.05) is 23.7 Å². The van der Waals surface area contributed by atoms with E-state index in [9.17, 15) is 18.4 Å². The maximum Gasteiger partial charge on any atom is 0.274 e. The molecular formula is C29H28ClF2N3O3. The maximum atomic E-state index is 13.5. The molecule has 0 radical (unpaired) electrons. The van der Waals surface area contributed by atoms with Crippen molar-refractivity contribution in [2.24, 2.45) is 7.05 Å². The number of nitrogens with one attached hydrogen (secondary N) is 2. The van der Waals surface area contributed by atoms with Crippen LogP contribution in [0.5, 0.6) is 11.5 Å². The number of ether oxygens (including phenoxy) is 1. The first-order chi connectivity index (χ1) is 18.0. The van der Waals surface area contributed by atoms with E-state index in [-0.39, 0.29) is 43.0 Å². The Bertz CT molecular complexity index is 1600. The molecule has 0 bridgehead atoms. The van der Waals surface area contributed by atoms with Crippen LogP contribution < -0.4 is 15.6 Å². The molecule has 0 unspecified atom stereocenters. The second kappa shape index (κ2) is 9.91. The van der Waals surface area contributed by atoms with Gasteiger partial charge >= 0.3 is 0 Å². The molecule has 9 heteroatoms. The summed E-state index contributed by atoms with van der Waals surface area (Å²) in [5.41, 5.74) is 3.66. The Morgan fingerprint density at radius 1 is 1.11 bits per heavy atom. The summed E-state index contributed by atoms with van der Waals surface area (Å²) < 4.78 is 34.6. The molecule has 0 saturated heterocycles. The monoisotopic (exact) mass is 539 g/mol. The summed E-state index contributed by atoms with van der Waals surface area (Å²) in [7, 11) is 1.65. The standard InChI is InChI=1S/C29H28ClF2N3O3/c1-16-10-18(12-21(11-16)38-20-5-4-17(2)24(30)13-20)23-15-35(3)28(37)26-22(23)14-25(34-26)27(36)33-19-6-8-29(31,32)9-7-19/h4-5,10-15,19,34H,6-9H2,1-3H3,(H,33,36). The molecule has 2 aromatic heterocycles. The number of benzene rings is 2. The molecule has 0 spiro atoms. The summed E-state index contributed by atoms with van der Waals surface area (Å²) in [5, 5.41) is 4.03. The average Bonchev–Trinajstić information content (AvgIpc) is 3.31. The van der Waals surface area contributed by atoms with Gasteiger partial charge in [-0.25, -0.2) is 8.78 Å². The van der Waals surface area contributed by atoms with E-state index < -0.39 is 11.8 Å². The number of rotatable bonds is 5. The SMILES string of the molecule is Cc1cc(Oc2ccc(C)c(Cl)c2)cc(-c2cn(C)c(=O)c3[nH]c(C(=O)NC4CCC(F)(F)CC4)cc23)c1. The lowest BCUT2D eigenvalue weighted by molar-refractivity contribution is -0.0399. The molecule has 1 saturated carbocycles. The molecule has 6 nitrogen and oxygen atoms in total. The second-order valence-electron chi connectivity index (χ2n) is 10.1. The van der Waals surface area contributed by atoms with Crippen LogP contribution in [0, 0.1) is 13.8 Å². The Hall–Kier alpha value is -3.65. The lowest BCUT2D eigenvalue weighted by Gasteiger charge is -2.28. The molecule has 0 atom stereocenters. The molecule has 198 valence electrons. The van der Waals surface area contributed by atoms with Crippen molar-refractivity contribution in [3.8, 4) is 22.6 Å². The van der Waals surface area contributed by atoms with Gasteiger partial charge in [0.2, 0.25) is 5.92 Å². The predicted molar refractivity (Wildman–Crippen MR) is 145 cm³/mol. The second-order valence-corrected chi connectivity index (χ2v) is 10.5. The molecule has 38 heavy (non-hydrogen) atoms. The molecule has 2 N–H and O–H groups in total. The van der Waals surface area contributed by atoms with Crippen molar-refractivity contribution in [2.75, 3.05) is 0 Å². The first-order valence-corrected chi connectivity index (χ1v) is 12.8. The summed E-state index contributed by atoms with van der Waals surface area (Å²) in [6.45, 7) is 3.86. The third-order valence-corrected chi connectivity index (χ3v) is 7.41. The minimum Gasteiger partial charge on any atom is -0.457 e. The van der Waals surface area contributed by atoms with E-state index in [4.69, 9.17) is 16.3 Å². The van der Waals surface area contributed by atoms with Crippen molar-refractivity contribution in [3.05, 3.63) is 80.9 Å². The zero-order valence-electron chi connectivity index (χ0n) is 21.3. The number of alkyl halides is 2. The van der Waals surface area contributed by atoms with Crippen LogP contribution in [-0.2, 0) is 7.05 Å². The lowest BCUT2D eigenvalue weighted by atomic mass is 9.92. The zero-order chi connectivity index (χ0) is 27.2. The van der Waals surface area contributed by atoms with Crippen LogP contribution in [-0.4, -0.2) is 27.4 Å². The number of carbonyl (C=O) groups is 1. The maximum absolute atomic E-state index is 13.5. The van der Waals surface area contributed by atoms with Gasteiger partial charge in [-0.05, 0) is 73.7 Å². The molecule has 2 aromatic carbocycles. The normalized spacial score (nSPS) is 15.5. The molecular weight excluding hydrogens is 512 g/mol. The Morgan fingerprint density at radius 3 is 2.55 bits per heavy atom. The highest BCUT2D eigenvalue weighted by molar-refractivity contribution is 6.31. The number of aryl methyl sites for hydroxylation is 3. The van der Waals surface area contributed by atoms with Crippen molar-refractivity contribution < 1.29 is 18.3 Å². The Labute approximate surface area is 223 Å². The minimum absolute atomic E-state index is 0.209. The summed E-state index contributed by atoms with van der Waals surface area (Å²) in [5.74, 6) is -1.90. The van der Waals surface area contributed by atoms with Crippen LogP contribution in [0.15, 0.2) is 53.5 Å². The first kappa shape index (κ1) is 26.0. The number of carbonyl (C=O) groups excluding carboxylic acids is 1. The van der Waals surface area contributed by atoms with Gasteiger partial charge in [0.1, 0.15) is 22.7 Å². The average molecular weight is 540 g/mol. The number of pyridine rings is 1. The topological polar surface area (TPSA) is 76.1 Å². The largest absolute Gasteiger partial charge is 0.457 e. The Kier molecular flexibility index (Phi) is 6.77. The summed E-state index contributed by atoms with van der Waals surface area (Å²) in [4.78, 5) is 28.9. The van der Waals surface area contributed by atoms with Gasteiger partial charge in [-0.15, -0.1) is 0 Å². The zero-order valence-corrected chi connectivity index (χ0v) is 22.1. The third-order valence-electron chi connectivity index (χ3n) is 7.00. The van der Waals surface area contributed by atoms with Crippen LogP contribution in [0.2, 0.25) is 5.02 Å². The van der Waals surface area contributed by atoms with E-state index in [1.165, 1.54) is 4.57 Å². The van der Waals surface area contributed by atoms with Crippen LogP contribution in [0.4, 0.5) is 8.78 Å². The number of H-pyrrole nitrogens is 1. The van der Waals surface area contributed by atoms with E-state index in [2.05, 4.69) is 10.3 Å². The van der Waals surface area contributed by atoms with Crippen molar-refractivity contribution in [1.29, 1.82) is 0 Å². The van der Waals surface area contributed by atoms with E-state index >= 15 is 0 Å². The van der Waals surface area contributed by atoms with Crippen LogP contribution in [0.3, 0.4) is 0 Å². The predicted octanol–water partition coefficient (Wildman–Crippen LogP) is 6.90. The Balaban J connectivity index is 1.49. The summed E-state index contributed by atoms with van der Waals surface area (Å²) in [6.07, 6.45) is 1.66. The smallest absolute Gasteiger partial charge is 0.274 e. The van der Waals surface area contributed by atoms with E-state index in [1.54, 1.807) is 25.4 Å². The van der Waals surface area contributed by atoms with Gasteiger partial charge in [0.05, 0.1) is 0 Å². The number of amides is 1. The molecule has 1 aliphatic rings. The fraction of sp³-hybridized carbons (Fsp3) is 0.310. The quantitative estimate of drug-likeness (QED) is 0.289. The number of hydrogen-bond acceptors (Lipinski definition) is 3. The molecule has 0 aliphatic heterocycles. The number of hydrogen-bond donors (Lipinski definition) is 2. The number of fused-ring (bicyclic) bond motifs is 1. The van der Waals surface area contributed by atoms with Crippen molar-refractivity contribution in [2.45, 2.75) is 51.5 Å². The molecule has 1 fully saturated rings. The van der Waals surface area contributed by atoms with Gasteiger partial charge in [-0.3, -0.25) is 9.59 Å². The number of aromatic nitrogens is 2. The molecule has 1 aliphatic carbocycles. The van der Waals surface area contributed by atoms with E-state index in [1.807, 2.05) is 44.2 Å². The summed E-state index contributed by atoms with van der Waals surface area (Å²) >= 11 is 6.26. The highest BCUT2D eigenvalue weighted by Gasteiger charge is 2.35. The van der Waals surface area contributed by atoms with E-state index in [0.717, 1.165) is 22.3 Å². The van der Waals surface area contributed by atoms with Crippen molar-refractivity contribution in [1.82, 2.24) is 14.9 Å². The number of nitrogens with zero attached hydrogens (tertiary/aromatic N) is 1. The van der Waals surface area contributed by atoms with Crippen LogP contribution in [0.1, 0.15) is 47.3 Å². The van der Waals surface area contributed by atoms with Crippen LogP contribution in [0.25, 0.3) is 22.0 Å². The van der Waals surface area contributed by atoms with Gasteiger partial charge in [-0.2, -0.15) is 0 Å². The van der Waals surface area contributed by atoms with Crippen molar-refractivity contribution >= 4 is 28.4 Å². The van der Waals surface area contributed by atoms with Crippen molar-refractivity contribution in [3.63, 3.8) is 0 Å². The van der Waals surface area contributed by atoms with E-state index in [0.29, 0.717) is 27.4 Å². The fourth-order valence-corrected chi connectivity index (χ4v) is 5.04. The van der Waals surface area contributed by atoms with Gasteiger partial charge in [0.25, 0.3) is 11.5 Å². The Morgan fingerprint density at radius 2 is 1.84 bits per heavy atom. The highest BCUT2D eigenvalue weighted by atomic mass is 35.5. The third kappa shape index (κ3) is 5.31. The van der Waals surface area contributed by atoms with Gasteiger partial charge in [0, 0.05) is 48.1 Å². The molecule has 2 heterocycles. The molecule has 4 aromatic rings. The number of aromatic amines is 1. The first-order valence-electron chi connectivity index (χ1n) is 12.5.